The van der Waals surface area contributed by atoms with Crippen LogP contribution in [0.4, 0.5) is 5.69 Å². The van der Waals surface area contributed by atoms with Crippen molar-refractivity contribution in [1.82, 2.24) is 0 Å². The smallest absolute Gasteiger partial charge is 0.385 e. The molecule has 16 heavy (non-hydrogen) atoms. The third-order valence-corrected chi connectivity index (χ3v) is 1.48. The van der Waals surface area contributed by atoms with Crippen molar-refractivity contribution in [3.05, 3.63) is 45.8 Å². The summed E-state index contributed by atoms with van der Waals surface area (Å²) in [5.41, 5.74) is 1.36. The first-order valence-electron chi connectivity index (χ1n) is 4.17. The van der Waals surface area contributed by atoms with E-state index in [2.05, 4.69) is 4.98 Å². The minimum Gasteiger partial charge on any atom is -0.762 e. The number of aryl methyl sites for hydroxylation is 1. The highest BCUT2D eigenvalue weighted by molar-refractivity contribution is 5.71. The molecule has 0 N–H and O–H groups in total. The highest BCUT2D eigenvalue weighted by Crippen LogP contribution is 2.10. The Balaban J connectivity index is 0.000000293. The van der Waals surface area contributed by atoms with Crippen molar-refractivity contribution in [2.45, 2.75) is 6.92 Å². The molecule has 0 atom stereocenters. The summed E-state index contributed by atoms with van der Waals surface area (Å²) < 4.78 is 0. The van der Waals surface area contributed by atoms with Crippen LogP contribution in [-0.2, 0) is 0 Å². The molecule has 5 nitrogen and oxygen atoms in total. The molecule has 0 saturated carbocycles. The number of benzene rings is 1. The average Bonchev–Trinajstić information content (AvgIpc) is 2.33. The van der Waals surface area contributed by atoms with E-state index in [4.69, 9.17) is 21.3 Å². The van der Waals surface area contributed by atoms with E-state index < -0.39 is 5.57 Å². The second-order valence-corrected chi connectivity index (χ2v) is 2.65. The molecule has 0 saturated heterocycles. The van der Waals surface area contributed by atoms with Gasteiger partial charge in [0, 0.05) is 12.1 Å². The van der Waals surface area contributed by atoms with Crippen LogP contribution in [0.5, 0.6) is 0 Å². The van der Waals surface area contributed by atoms with Crippen LogP contribution in [0, 0.1) is 35.0 Å². The second kappa shape index (κ2) is 7.47. The van der Waals surface area contributed by atoms with Gasteiger partial charge in [-0.25, -0.2) is 5.87 Å². The van der Waals surface area contributed by atoms with Gasteiger partial charge in [-0.1, -0.05) is 17.7 Å². The van der Waals surface area contributed by atoms with E-state index in [1.54, 1.807) is 12.1 Å². The molecule has 0 amide bonds. The van der Waals surface area contributed by atoms with E-state index in [0.717, 1.165) is 0 Å². The lowest BCUT2D eigenvalue weighted by Gasteiger charge is -1.81. The Bertz CT molecular complexity index is 499. The number of nitrogens with zero attached hydrogens (tertiary/aromatic N) is 5. The van der Waals surface area contributed by atoms with Gasteiger partial charge in [-0.3, -0.25) is 0 Å². The lowest BCUT2D eigenvalue weighted by Crippen LogP contribution is -1.66. The molecule has 0 heterocycles. The average molecular weight is 209 g/mol. The minimum atomic E-state index is -0.403. The van der Waals surface area contributed by atoms with Crippen molar-refractivity contribution in [3.8, 4) is 12.1 Å². The van der Waals surface area contributed by atoms with E-state index in [1.807, 2.05) is 19.1 Å². The van der Waals surface area contributed by atoms with Crippen LogP contribution in [-0.4, -0.2) is 5.87 Å². The summed E-state index contributed by atoms with van der Waals surface area (Å²) in [4.78, 5) is 3.01. The Labute approximate surface area is 93.0 Å². The number of diazo groups is 1. The standard InChI is InChI=1S/C7H7N2.C4N3/c1-6-2-4-7(9-8)5-3-6;5-1-4(2-6)3-7/h2-5H,1H3;/q+1;-1. The van der Waals surface area contributed by atoms with Gasteiger partial charge in [-0.15, -0.1) is 0 Å². The van der Waals surface area contributed by atoms with Gasteiger partial charge in [-0.2, -0.15) is 10.5 Å². The number of nitriles is 2. The summed E-state index contributed by atoms with van der Waals surface area (Å²) in [5.74, 6) is 1.40. The topological polar surface area (TPSA) is 98.0 Å². The molecule has 0 aliphatic carbocycles. The van der Waals surface area contributed by atoms with Crippen LogP contribution >= 0.6 is 0 Å². The SMILES string of the molecule is Cc1ccc([N+]#N)cc1.N#CC(=C=[N-])C#N. The summed E-state index contributed by atoms with van der Waals surface area (Å²) in [6, 6.07) is 10.1. The normalized spacial score (nSPS) is 6.88. The largest absolute Gasteiger partial charge is 0.762 e. The fourth-order valence-electron chi connectivity index (χ4n) is 0.686. The Hall–Kier alpha value is -2.93. The zero-order valence-corrected chi connectivity index (χ0v) is 8.55. The molecule has 0 bridgehead atoms. The van der Waals surface area contributed by atoms with Gasteiger partial charge in [0.15, 0.2) is 4.98 Å². The van der Waals surface area contributed by atoms with Crippen LogP contribution in [0.1, 0.15) is 5.56 Å². The van der Waals surface area contributed by atoms with E-state index in [1.165, 1.54) is 23.6 Å². The molecule has 5 heteroatoms. The van der Waals surface area contributed by atoms with E-state index >= 15 is 0 Å². The van der Waals surface area contributed by atoms with Crippen molar-refractivity contribution < 1.29 is 0 Å². The molecule has 0 fully saturated rings. The monoisotopic (exact) mass is 209 g/mol. The zero-order chi connectivity index (χ0) is 12.4. The molecule has 76 valence electrons. The lowest BCUT2D eigenvalue weighted by molar-refractivity contribution is 1.43. The Morgan fingerprint density at radius 1 is 1.19 bits per heavy atom. The highest BCUT2D eigenvalue weighted by Gasteiger charge is 1.98. The van der Waals surface area contributed by atoms with Crippen LogP contribution in [0.25, 0.3) is 10.4 Å². The van der Waals surface area contributed by atoms with Gasteiger partial charge in [0.05, 0.1) is 0 Å². The van der Waals surface area contributed by atoms with Gasteiger partial charge < -0.3 is 5.41 Å². The molecule has 0 aliphatic rings. The van der Waals surface area contributed by atoms with Crippen LogP contribution in [0.3, 0.4) is 0 Å². The third kappa shape index (κ3) is 4.94. The third-order valence-electron chi connectivity index (χ3n) is 1.48. The summed E-state index contributed by atoms with van der Waals surface area (Å²) in [7, 11) is 0. The van der Waals surface area contributed by atoms with Gasteiger partial charge in [0.1, 0.15) is 17.7 Å². The summed E-state index contributed by atoms with van der Waals surface area (Å²) in [6.07, 6.45) is 0. The van der Waals surface area contributed by atoms with Gasteiger partial charge >= 0.3 is 5.69 Å². The van der Waals surface area contributed by atoms with Crippen molar-refractivity contribution in [2.75, 3.05) is 0 Å². The molecular formula is C11H7N5. The highest BCUT2D eigenvalue weighted by atomic mass is 14.8. The molecule has 0 spiro atoms. The lowest BCUT2D eigenvalue weighted by atomic mass is 10.2. The molecule has 1 rings (SSSR count). The van der Waals surface area contributed by atoms with Crippen molar-refractivity contribution in [1.29, 1.82) is 15.9 Å². The second-order valence-electron chi connectivity index (χ2n) is 2.65. The molecule has 1 aromatic carbocycles. The molecule has 0 aromatic heterocycles. The van der Waals surface area contributed by atoms with E-state index in [9.17, 15) is 0 Å². The molecular weight excluding hydrogens is 202 g/mol. The minimum absolute atomic E-state index is 0.403. The van der Waals surface area contributed by atoms with Crippen molar-refractivity contribution in [2.24, 2.45) is 0 Å². The number of hydrogen-bond acceptors (Lipinski definition) is 3. The van der Waals surface area contributed by atoms with Crippen molar-refractivity contribution in [3.63, 3.8) is 0 Å². The van der Waals surface area contributed by atoms with Crippen LogP contribution < -0.4 is 0 Å². The molecule has 0 unspecified atom stereocenters. The zero-order valence-electron chi connectivity index (χ0n) is 8.55. The summed E-state index contributed by atoms with van der Waals surface area (Å²) >= 11 is 0. The Kier molecular flexibility index (Phi) is 6.10. The maximum Gasteiger partial charge on any atom is 0.385 e. The number of allylic oxidation sites excluding steroid dienone is 1. The molecule has 1 aromatic rings. The van der Waals surface area contributed by atoms with E-state index in [-0.39, 0.29) is 0 Å². The van der Waals surface area contributed by atoms with E-state index in [0.29, 0.717) is 5.69 Å². The van der Waals surface area contributed by atoms with Gasteiger partial charge in [-0.05, 0) is 6.92 Å². The van der Waals surface area contributed by atoms with Gasteiger partial charge in [0.25, 0.3) is 0 Å². The quantitative estimate of drug-likeness (QED) is 0.373. The fourth-order valence-corrected chi connectivity index (χ4v) is 0.686. The maximum atomic E-state index is 8.25. The first-order chi connectivity index (χ1) is 7.67. The first kappa shape index (κ1) is 13.1. The predicted molar refractivity (Wildman–Crippen MR) is 59.0 cm³/mol. The van der Waals surface area contributed by atoms with Crippen LogP contribution in [0.2, 0.25) is 0 Å². The number of hydrogen-bond donors (Lipinski definition) is 0. The Morgan fingerprint density at radius 2 is 1.69 bits per heavy atom. The number of rotatable bonds is 0. The summed E-state index contributed by atoms with van der Waals surface area (Å²) in [6.45, 7) is 1.99. The Morgan fingerprint density at radius 3 is 1.94 bits per heavy atom. The molecule has 0 radical (unpaired) electrons. The summed E-state index contributed by atoms with van der Waals surface area (Å²) in [5, 5.41) is 31.6. The predicted octanol–water partition coefficient (Wildman–Crippen LogP) is 2.68. The van der Waals surface area contributed by atoms with Crippen LogP contribution in [0.15, 0.2) is 29.8 Å². The maximum absolute atomic E-state index is 8.25. The molecule has 0 aliphatic heterocycles. The first-order valence-corrected chi connectivity index (χ1v) is 4.17. The van der Waals surface area contributed by atoms with Gasteiger partial charge in [0.2, 0.25) is 5.39 Å². The fraction of sp³-hybridized carbons (Fsp3) is 0.0909. The van der Waals surface area contributed by atoms with Crippen molar-refractivity contribution >= 4 is 11.6 Å².